The lowest BCUT2D eigenvalue weighted by atomic mass is 10.1. The average molecular weight is 434 g/mol. The van der Waals surface area contributed by atoms with Gasteiger partial charge in [0.1, 0.15) is 5.60 Å². The van der Waals surface area contributed by atoms with Crippen molar-refractivity contribution in [1.29, 1.82) is 0 Å². The second kappa shape index (κ2) is 9.06. The first-order valence-electron chi connectivity index (χ1n) is 8.99. The summed E-state index contributed by atoms with van der Waals surface area (Å²) in [5.41, 5.74) is 5.97. The minimum Gasteiger partial charge on any atom is -0.456 e. The van der Waals surface area contributed by atoms with Crippen molar-refractivity contribution >= 4 is 33.4 Å². The Morgan fingerprint density at radius 3 is 2.27 bits per heavy atom. The number of sulfonamides is 1. The van der Waals surface area contributed by atoms with Crippen LogP contribution < -0.4 is 21.2 Å². The van der Waals surface area contributed by atoms with E-state index in [0.29, 0.717) is 16.8 Å². The van der Waals surface area contributed by atoms with Crippen molar-refractivity contribution < 1.29 is 28.2 Å². The summed E-state index contributed by atoms with van der Waals surface area (Å²) in [6, 6.07) is 11.8. The lowest BCUT2D eigenvalue weighted by Crippen LogP contribution is -2.46. The van der Waals surface area contributed by atoms with Crippen LogP contribution in [0.25, 0.3) is 0 Å². The number of nitrogens with one attached hydrogen (secondary N) is 2. The molecule has 2 aromatic rings. The maximum atomic E-state index is 12.4. The molecule has 0 unspecified atom stereocenters. The summed E-state index contributed by atoms with van der Waals surface area (Å²) in [7, 11) is -3.94. The first-order valence-corrected chi connectivity index (χ1v) is 10.5. The van der Waals surface area contributed by atoms with E-state index in [4.69, 9.17) is 15.9 Å². The van der Waals surface area contributed by atoms with Crippen molar-refractivity contribution in [3.8, 4) is 0 Å². The zero-order valence-corrected chi connectivity index (χ0v) is 17.7. The fourth-order valence-electron chi connectivity index (χ4n) is 2.32. The Morgan fingerprint density at radius 2 is 1.70 bits per heavy atom. The summed E-state index contributed by atoms with van der Waals surface area (Å²) < 4.78 is 32.2. The quantitative estimate of drug-likeness (QED) is 0.274. The number of amides is 1. The number of rotatable bonds is 7. The molecule has 160 valence electrons. The minimum absolute atomic E-state index is 0.0142. The minimum atomic E-state index is -3.94. The number of carbonyl (C=O) groups excluding carboxylic acids is 2. The molecule has 0 heterocycles. The molecule has 0 bridgehead atoms. The third-order valence-electron chi connectivity index (χ3n) is 3.70. The summed E-state index contributed by atoms with van der Waals surface area (Å²) >= 11 is 0. The van der Waals surface area contributed by atoms with Gasteiger partial charge in [-0.2, -0.15) is 0 Å². The highest BCUT2D eigenvalue weighted by atomic mass is 32.2. The van der Waals surface area contributed by atoms with Crippen molar-refractivity contribution in [1.82, 2.24) is 4.72 Å². The molecule has 10 heteroatoms. The van der Waals surface area contributed by atoms with Crippen molar-refractivity contribution in [2.24, 2.45) is 5.73 Å². The Kier molecular flexibility index (Phi) is 6.96. The van der Waals surface area contributed by atoms with Crippen LogP contribution >= 0.6 is 0 Å². The molecule has 2 aromatic carbocycles. The van der Waals surface area contributed by atoms with Crippen LogP contribution in [0.2, 0.25) is 0 Å². The molecular weight excluding hydrogens is 408 g/mol. The van der Waals surface area contributed by atoms with Crippen LogP contribution in [-0.2, 0) is 19.6 Å². The van der Waals surface area contributed by atoms with Gasteiger partial charge in [0.25, 0.3) is 5.84 Å². The molecule has 0 atom stereocenters. The van der Waals surface area contributed by atoms with E-state index in [1.54, 1.807) is 26.8 Å². The van der Waals surface area contributed by atoms with Gasteiger partial charge in [-0.05, 0) is 63.2 Å². The topological polar surface area (TPSA) is 153 Å². The number of hydrogen-bond donors (Lipinski definition) is 4. The Balaban J connectivity index is 1.96. The first-order chi connectivity index (χ1) is 13.9. The summed E-state index contributed by atoms with van der Waals surface area (Å²) in [6.07, 6.45) is 0. The van der Waals surface area contributed by atoms with Gasteiger partial charge in [0, 0.05) is 5.69 Å². The van der Waals surface area contributed by atoms with Crippen molar-refractivity contribution in [3.05, 3.63) is 59.7 Å². The molecule has 0 saturated heterocycles. The number of ether oxygens (including phenoxy) is 1. The van der Waals surface area contributed by atoms with Gasteiger partial charge in [0.15, 0.2) is 0 Å². The van der Waals surface area contributed by atoms with E-state index in [2.05, 4.69) is 10.0 Å². The largest absolute Gasteiger partial charge is 0.456 e. The molecule has 0 fully saturated rings. The molecule has 0 aliphatic carbocycles. The Labute approximate surface area is 175 Å². The first kappa shape index (κ1) is 23.0. The van der Waals surface area contributed by atoms with E-state index in [1.807, 2.05) is 0 Å². The smallest absolute Gasteiger partial charge is 0.338 e. The van der Waals surface area contributed by atoms with Crippen molar-refractivity contribution in [2.45, 2.75) is 31.3 Å². The zero-order valence-electron chi connectivity index (χ0n) is 16.9. The maximum Gasteiger partial charge on any atom is 0.338 e. The number of hydrogen-bond acceptors (Lipinski definition) is 5. The molecule has 2 rings (SSSR count). The van der Waals surface area contributed by atoms with E-state index in [1.165, 1.54) is 42.5 Å². The monoisotopic (exact) mass is 433 g/mol. The predicted octanol–water partition coefficient (Wildman–Crippen LogP) is 0.0233. The molecule has 0 spiro atoms. The van der Waals surface area contributed by atoms with Crippen molar-refractivity contribution in [2.75, 3.05) is 11.9 Å². The second-order valence-corrected chi connectivity index (χ2v) is 9.20. The number of nitrogens with two attached hydrogens (primary N) is 2. The van der Waals surface area contributed by atoms with Crippen LogP contribution in [0.1, 0.15) is 36.7 Å². The summed E-state index contributed by atoms with van der Waals surface area (Å²) in [4.78, 5) is 24.0. The lowest BCUT2D eigenvalue weighted by molar-refractivity contribution is -0.115. The van der Waals surface area contributed by atoms with Gasteiger partial charge in [-0.1, -0.05) is 6.07 Å². The molecule has 30 heavy (non-hydrogen) atoms. The molecule has 1 amide bonds. The summed E-state index contributed by atoms with van der Waals surface area (Å²) in [6.45, 7) is 4.81. The van der Waals surface area contributed by atoms with Gasteiger partial charge in [0.2, 0.25) is 15.9 Å². The molecule has 0 aliphatic rings. The Hall–Kier alpha value is -3.24. The van der Waals surface area contributed by atoms with E-state index in [-0.39, 0.29) is 10.7 Å². The van der Waals surface area contributed by atoms with Crippen molar-refractivity contribution in [3.63, 3.8) is 0 Å². The number of anilines is 1. The molecule has 0 radical (unpaired) electrons. The molecule has 0 aromatic heterocycles. The van der Waals surface area contributed by atoms with Gasteiger partial charge >= 0.3 is 5.97 Å². The molecule has 0 saturated carbocycles. The van der Waals surface area contributed by atoms with Crippen LogP contribution in [0.4, 0.5) is 5.69 Å². The molecule has 6 N–H and O–H groups in total. The van der Waals surface area contributed by atoms with E-state index < -0.39 is 34.0 Å². The Bertz CT molecular complexity index is 1060. The van der Waals surface area contributed by atoms with Gasteiger partial charge in [-0.15, -0.1) is 0 Å². The van der Waals surface area contributed by atoms with Crippen LogP contribution in [0.3, 0.4) is 0 Å². The molecule has 9 nitrogen and oxygen atoms in total. The maximum absolute atomic E-state index is 12.4. The standard InChI is InChI=1S/C20H24N4O5S/c1-20(2,3)29-19(26)13-7-9-15(10-8-13)24-17(25)12-23-30(27,28)16-6-4-5-14(11-16)18(21)22/h4-11,23H,12H2,1-3H3,(H3,21,22)(H,24,25)/p+1. The molecular formula is C20H25N4O5S+. The van der Waals surface area contributed by atoms with E-state index in [9.17, 15) is 18.0 Å². The van der Waals surface area contributed by atoms with Gasteiger partial charge < -0.3 is 10.1 Å². The number of benzene rings is 2. The summed E-state index contributed by atoms with van der Waals surface area (Å²) in [5, 5.41) is 8.03. The number of esters is 1. The predicted molar refractivity (Wildman–Crippen MR) is 112 cm³/mol. The average Bonchev–Trinajstić information content (AvgIpc) is 2.66. The van der Waals surface area contributed by atoms with Crippen LogP contribution in [-0.4, -0.2) is 38.3 Å². The van der Waals surface area contributed by atoms with Gasteiger partial charge in [0.05, 0.1) is 22.6 Å². The Morgan fingerprint density at radius 1 is 1.07 bits per heavy atom. The third kappa shape index (κ3) is 6.68. The molecule has 0 aliphatic heterocycles. The third-order valence-corrected chi connectivity index (χ3v) is 5.10. The van der Waals surface area contributed by atoms with Gasteiger partial charge in [-0.3, -0.25) is 15.9 Å². The highest BCUT2D eigenvalue weighted by Crippen LogP contribution is 2.15. The number of carbonyl (C=O) groups is 2. The second-order valence-electron chi connectivity index (χ2n) is 7.44. The van der Waals surface area contributed by atoms with E-state index in [0.717, 1.165) is 0 Å². The van der Waals surface area contributed by atoms with Crippen LogP contribution in [0, 0.1) is 0 Å². The van der Waals surface area contributed by atoms with Crippen LogP contribution in [0.5, 0.6) is 0 Å². The normalized spacial score (nSPS) is 11.6. The summed E-state index contributed by atoms with van der Waals surface area (Å²) in [5.74, 6) is -1.07. The highest BCUT2D eigenvalue weighted by Gasteiger charge is 2.19. The SMILES string of the molecule is CC(C)(C)OC(=O)c1ccc(NC(=O)CNS(=O)(=O)c2cccc(C(N)=[NH2+])c2)cc1. The fourth-order valence-corrected chi connectivity index (χ4v) is 3.35. The van der Waals surface area contributed by atoms with Gasteiger partial charge in [-0.25, -0.2) is 17.9 Å². The number of amidine groups is 1. The van der Waals surface area contributed by atoms with E-state index >= 15 is 0 Å². The highest BCUT2D eigenvalue weighted by molar-refractivity contribution is 7.89. The fraction of sp³-hybridized carbons (Fsp3) is 0.250. The zero-order chi connectivity index (χ0) is 22.5. The van der Waals surface area contributed by atoms with Crippen LogP contribution in [0.15, 0.2) is 53.4 Å². The lowest BCUT2D eigenvalue weighted by Gasteiger charge is -2.19.